The molecule has 1 aromatic rings. The van der Waals surface area contributed by atoms with Crippen LogP contribution in [0.2, 0.25) is 0 Å². The van der Waals surface area contributed by atoms with Gasteiger partial charge < -0.3 is 19.9 Å². The van der Waals surface area contributed by atoms with E-state index >= 15 is 0 Å². The van der Waals surface area contributed by atoms with Crippen LogP contribution in [-0.2, 0) is 11.3 Å². The Hall–Kier alpha value is -2.52. The van der Waals surface area contributed by atoms with Gasteiger partial charge in [-0.1, -0.05) is 6.07 Å². The van der Waals surface area contributed by atoms with Gasteiger partial charge in [-0.2, -0.15) is 13.2 Å². The third kappa shape index (κ3) is 6.30. The number of amides is 3. The van der Waals surface area contributed by atoms with E-state index in [2.05, 4.69) is 10.3 Å². The number of pyridine rings is 1. The molecule has 3 amide bonds. The Balaban J connectivity index is 1.85. The van der Waals surface area contributed by atoms with Crippen molar-refractivity contribution in [2.24, 2.45) is 5.92 Å². The molecule has 0 aliphatic carbocycles. The van der Waals surface area contributed by atoms with Gasteiger partial charge in [0.1, 0.15) is 0 Å². The van der Waals surface area contributed by atoms with Crippen molar-refractivity contribution in [2.75, 3.05) is 33.8 Å². The summed E-state index contributed by atoms with van der Waals surface area (Å²) in [4.78, 5) is 31.2. The van der Waals surface area contributed by atoms with Gasteiger partial charge in [0, 0.05) is 51.4 Å². The van der Waals surface area contributed by atoms with Gasteiger partial charge in [0.25, 0.3) is 0 Å². The monoisotopic (exact) mass is 388 g/mol. The molecule has 1 saturated heterocycles. The fourth-order valence-corrected chi connectivity index (χ4v) is 2.82. The summed E-state index contributed by atoms with van der Waals surface area (Å²) in [7, 11) is 3.40. The number of alkyl halides is 3. The molecule has 1 aromatic heterocycles. The first-order valence-electron chi connectivity index (χ1n) is 8.55. The van der Waals surface area contributed by atoms with E-state index in [0.717, 1.165) is 0 Å². The van der Waals surface area contributed by atoms with Crippen molar-refractivity contribution in [3.63, 3.8) is 0 Å². The van der Waals surface area contributed by atoms with Crippen LogP contribution in [0.5, 0.6) is 5.88 Å². The second-order valence-corrected chi connectivity index (χ2v) is 6.52. The maximum atomic E-state index is 12.3. The molecule has 0 atom stereocenters. The van der Waals surface area contributed by atoms with Gasteiger partial charge in [-0.05, 0) is 18.9 Å². The number of nitrogens with zero attached hydrogens (tertiary/aromatic N) is 3. The molecular weight excluding hydrogens is 365 g/mol. The predicted molar refractivity (Wildman–Crippen MR) is 91.0 cm³/mol. The maximum Gasteiger partial charge on any atom is 0.422 e. The largest absolute Gasteiger partial charge is 0.468 e. The number of likely N-dealkylation sites (tertiary alicyclic amines) is 1. The van der Waals surface area contributed by atoms with E-state index in [0.29, 0.717) is 31.5 Å². The van der Waals surface area contributed by atoms with Gasteiger partial charge in [-0.3, -0.25) is 4.79 Å². The zero-order chi connectivity index (χ0) is 20.0. The van der Waals surface area contributed by atoms with Crippen LogP contribution in [0, 0.1) is 5.92 Å². The average Bonchev–Trinajstić information content (AvgIpc) is 2.63. The Morgan fingerprint density at radius 3 is 2.59 bits per heavy atom. The molecule has 2 heterocycles. The third-order valence-electron chi connectivity index (χ3n) is 4.22. The van der Waals surface area contributed by atoms with E-state index in [1.807, 2.05) is 0 Å². The van der Waals surface area contributed by atoms with Crippen LogP contribution in [0.4, 0.5) is 18.0 Å². The lowest BCUT2D eigenvalue weighted by Crippen LogP contribution is -2.46. The fraction of sp³-hybridized carbons (Fsp3) is 0.588. The first-order valence-corrected chi connectivity index (χ1v) is 8.55. The van der Waals surface area contributed by atoms with Crippen molar-refractivity contribution >= 4 is 11.9 Å². The minimum Gasteiger partial charge on any atom is -0.468 e. The zero-order valence-electron chi connectivity index (χ0n) is 15.3. The summed E-state index contributed by atoms with van der Waals surface area (Å²) in [5, 5.41) is 2.66. The lowest BCUT2D eigenvalue weighted by Gasteiger charge is -2.32. The molecule has 1 fully saturated rings. The quantitative estimate of drug-likeness (QED) is 0.838. The Morgan fingerprint density at radius 2 is 2.00 bits per heavy atom. The number of hydrogen-bond acceptors (Lipinski definition) is 4. The van der Waals surface area contributed by atoms with Crippen molar-refractivity contribution in [1.82, 2.24) is 20.1 Å². The highest BCUT2D eigenvalue weighted by Crippen LogP contribution is 2.21. The van der Waals surface area contributed by atoms with E-state index in [4.69, 9.17) is 4.74 Å². The number of carbonyl (C=O) groups is 2. The highest BCUT2D eigenvalue weighted by atomic mass is 19.4. The fourth-order valence-electron chi connectivity index (χ4n) is 2.82. The third-order valence-corrected chi connectivity index (χ3v) is 4.22. The molecule has 150 valence electrons. The summed E-state index contributed by atoms with van der Waals surface area (Å²) < 4.78 is 41.6. The smallest absolute Gasteiger partial charge is 0.422 e. The lowest BCUT2D eigenvalue weighted by molar-refractivity contribution is -0.154. The molecule has 1 aliphatic rings. The van der Waals surface area contributed by atoms with Crippen LogP contribution in [-0.4, -0.2) is 66.7 Å². The molecule has 1 N–H and O–H groups in total. The number of aromatic nitrogens is 1. The number of rotatable bonds is 5. The predicted octanol–water partition coefficient (Wildman–Crippen LogP) is 2.03. The number of halogens is 3. The molecule has 1 aliphatic heterocycles. The molecule has 0 saturated carbocycles. The summed E-state index contributed by atoms with van der Waals surface area (Å²) >= 11 is 0. The van der Waals surface area contributed by atoms with Crippen LogP contribution in [0.1, 0.15) is 18.4 Å². The zero-order valence-corrected chi connectivity index (χ0v) is 15.3. The summed E-state index contributed by atoms with van der Waals surface area (Å²) in [5.41, 5.74) is 0.354. The van der Waals surface area contributed by atoms with E-state index < -0.39 is 12.8 Å². The van der Waals surface area contributed by atoms with Crippen molar-refractivity contribution < 1.29 is 27.5 Å². The summed E-state index contributed by atoms with van der Waals surface area (Å²) in [5.74, 6) is -0.202. The topological polar surface area (TPSA) is 74.8 Å². The van der Waals surface area contributed by atoms with Gasteiger partial charge in [-0.25, -0.2) is 9.78 Å². The lowest BCUT2D eigenvalue weighted by atomic mass is 9.96. The molecular formula is C17H23F3N4O3. The second-order valence-electron chi connectivity index (χ2n) is 6.52. The van der Waals surface area contributed by atoms with Crippen molar-refractivity contribution in [1.29, 1.82) is 0 Å². The van der Waals surface area contributed by atoms with E-state index in [1.54, 1.807) is 36.0 Å². The minimum absolute atomic E-state index is 0.00355. The van der Waals surface area contributed by atoms with Gasteiger partial charge in [0.05, 0.1) is 0 Å². The Kier molecular flexibility index (Phi) is 6.86. The molecule has 2 rings (SSSR count). The van der Waals surface area contributed by atoms with Crippen LogP contribution in [0.25, 0.3) is 0 Å². The van der Waals surface area contributed by atoms with Crippen LogP contribution < -0.4 is 10.1 Å². The Bertz CT molecular complexity index is 659. The summed E-state index contributed by atoms with van der Waals surface area (Å²) in [6.45, 7) is -0.560. The van der Waals surface area contributed by atoms with E-state index in [9.17, 15) is 22.8 Å². The van der Waals surface area contributed by atoms with Gasteiger partial charge in [-0.15, -0.1) is 0 Å². The summed E-state index contributed by atoms with van der Waals surface area (Å²) in [6, 6.07) is 2.76. The van der Waals surface area contributed by atoms with Crippen molar-refractivity contribution in [3.8, 4) is 5.88 Å². The SMILES string of the molecule is CN(C)C(=O)C1CCN(C(=O)NCc2cccnc2OCC(F)(F)F)CC1. The van der Waals surface area contributed by atoms with Crippen molar-refractivity contribution in [2.45, 2.75) is 25.6 Å². The number of urea groups is 1. The summed E-state index contributed by atoms with van der Waals surface area (Å²) in [6.07, 6.45) is -1.98. The first-order chi connectivity index (χ1) is 12.7. The van der Waals surface area contributed by atoms with Crippen molar-refractivity contribution in [3.05, 3.63) is 23.9 Å². The molecule has 10 heteroatoms. The number of hydrogen-bond donors (Lipinski definition) is 1. The Morgan fingerprint density at radius 1 is 1.33 bits per heavy atom. The molecule has 7 nitrogen and oxygen atoms in total. The van der Waals surface area contributed by atoms with Gasteiger partial charge >= 0.3 is 12.2 Å². The average molecular weight is 388 g/mol. The number of ether oxygens (including phenoxy) is 1. The molecule has 27 heavy (non-hydrogen) atoms. The minimum atomic E-state index is -4.47. The number of piperidine rings is 1. The molecule has 0 spiro atoms. The van der Waals surface area contributed by atoms with Gasteiger partial charge in [0.15, 0.2) is 6.61 Å². The molecule has 0 unspecified atom stereocenters. The van der Waals surface area contributed by atoms with Gasteiger partial charge in [0.2, 0.25) is 11.8 Å². The highest BCUT2D eigenvalue weighted by molar-refractivity contribution is 5.79. The number of carbonyl (C=O) groups excluding carboxylic acids is 2. The second kappa shape index (κ2) is 8.92. The maximum absolute atomic E-state index is 12.3. The van der Waals surface area contributed by atoms with Crippen LogP contribution >= 0.6 is 0 Å². The molecule has 0 radical (unpaired) electrons. The Labute approximate surface area is 155 Å². The number of nitrogens with one attached hydrogen (secondary N) is 1. The van der Waals surface area contributed by atoms with Crippen LogP contribution in [0.15, 0.2) is 18.3 Å². The van der Waals surface area contributed by atoms with Crippen LogP contribution in [0.3, 0.4) is 0 Å². The normalized spacial score (nSPS) is 15.4. The first kappa shape index (κ1) is 20.8. The van der Waals surface area contributed by atoms with E-state index in [-0.39, 0.29) is 30.3 Å². The molecule has 0 bridgehead atoms. The highest BCUT2D eigenvalue weighted by Gasteiger charge is 2.30. The van der Waals surface area contributed by atoms with E-state index in [1.165, 1.54) is 6.20 Å². The standard InChI is InChI=1S/C17H23F3N4O3/c1-23(2)15(25)12-5-8-24(9-6-12)16(26)22-10-13-4-3-7-21-14(13)27-11-17(18,19)20/h3-4,7,12H,5-6,8-11H2,1-2H3,(H,22,26). The molecule has 0 aromatic carbocycles.